The van der Waals surface area contributed by atoms with Gasteiger partial charge in [0.05, 0.1) is 31.8 Å². The number of nitrogens with one attached hydrogen (secondary N) is 1. The molecule has 0 unspecified atom stereocenters. The molecule has 20 heavy (non-hydrogen) atoms. The standard InChI is InChI=1S/C13H13NO4S2/c1-16-7-4-9(17-2)8(10(5-7)18-3)6-11-12(15)14-13(19)20-11/h4-6H,1-3H3,(H,14,15,19)/b11-6-. The second-order valence-electron chi connectivity index (χ2n) is 3.80. The van der Waals surface area contributed by atoms with Gasteiger partial charge < -0.3 is 19.5 Å². The van der Waals surface area contributed by atoms with Crippen LogP contribution in [0.5, 0.6) is 17.2 Å². The zero-order valence-electron chi connectivity index (χ0n) is 11.2. The fourth-order valence-electron chi connectivity index (χ4n) is 1.73. The summed E-state index contributed by atoms with van der Waals surface area (Å²) in [5.41, 5.74) is 0.665. The van der Waals surface area contributed by atoms with E-state index < -0.39 is 0 Å². The number of thiocarbonyl (C=S) groups is 1. The van der Waals surface area contributed by atoms with E-state index in [9.17, 15) is 4.79 Å². The third kappa shape index (κ3) is 2.88. The molecule has 1 aromatic rings. The van der Waals surface area contributed by atoms with Gasteiger partial charge in [0.1, 0.15) is 21.6 Å². The van der Waals surface area contributed by atoms with Crippen molar-refractivity contribution in [2.45, 2.75) is 0 Å². The molecule has 106 valence electrons. The Labute approximate surface area is 126 Å². The molecular formula is C13H13NO4S2. The Kier molecular flexibility index (Phi) is 4.51. The normalized spacial score (nSPS) is 16.2. The van der Waals surface area contributed by atoms with Crippen LogP contribution in [-0.4, -0.2) is 31.6 Å². The maximum atomic E-state index is 11.7. The number of hydrogen-bond donors (Lipinski definition) is 1. The van der Waals surface area contributed by atoms with Crippen LogP contribution < -0.4 is 19.5 Å². The Hall–Kier alpha value is -1.73. The van der Waals surface area contributed by atoms with Crippen molar-refractivity contribution in [2.24, 2.45) is 0 Å². The minimum Gasteiger partial charge on any atom is -0.496 e. The Balaban J connectivity index is 2.52. The molecule has 0 spiro atoms. The average Bonchev–Trinajstić information content (AvgIpc) is 2.76. The summed E-state index contributed by atoms with van der Waals surface area (Å²) in [6, 6.07) is 3.45. The molecule has 0 bridgehead atoms. The van der Waals surface area contributed by atoms with Crippen LogP contribution in [0, 0.1) is 0 Å². The summed E-state index contributed by atoms with van der Waals surface area (Å²) in [6.45, 7) is 0. The van der Waals surface area contributed by atoms with Crippen LogP contribution in [0.15, 0.2) is 17.0 Å². The molecule has 1 fully saturated rings. The van der Waals surface area contributed by atoms with Crippen LogP contribution >= 0.6 is 24.0 Å². The monoisotopic (exact) mass is 311 g/mol. The summed E-state index contributed by atoms with van der Waals surface area (Å²) in [7, 11) is 4.65. The third-order valence-electron chi connectivity index (χ3n) is 2.67. The van der Waals surface area contributed by atoms with Crippen molar-refractivity contribution < 1.29 is 19.0 Å². The molecule has 0 aliphatic carbocycles. The number of methoxy groups -OCH3 is 3. The van der Waals surface area contributed by atoms with Crippen LogP contribution in [-0.2, 0) is 4.79 Å². The van der Waals surface area contributed by atoms with Crippen LogP contribution in [0.4, 0.5) is 0 Å². The molecule has 0 radical (unpaired) electrons. The Bertz CT molecular complexity index is 573. The van der Waals surface area contributed by atoms with Crippen molar-refractivity contribution in [1.29, 1.82) is 0 Å². The predicted molar refractivity (Wildman–Crippen MR) is 82.4 cm³/mol. The van der Waals surface area contributed by atoms with Gasteiger partial charge in [-0.2, -0.15) is 0 Å². The lowest BCUT2D eigenvalue weighted by molar-refractivity contribution is -0.115. The van der Waals surface area contributed by atoms with Gasteiger partial charge in [0.15, 0.2) is 0 Å². The second kappa shape index (κ2) is 6.15. The first kappa shape index (κ1) is 14.7. The van der Waals surface area contributed by atoms with E-state index in [4.69, 9.17) is 26.4 Å². The Morgan fingerprint density at radius 2 is 1.75 bits per heavy atom. The number of thioether (sulfide) groups is 1. The largest absolute Gasteiger partial charge is 0.496 e. The smallest absolute Gasteiger partial charge is 0.263 e. The highest BCUT2D eigenvalue weighted by atomic mass is 32.2. The van der Waals surface area contributed by atoms with Crippen LogP contribution in [0.3, 0.4) is 0 Å². The first-order valence-corrected chi connectivity index (χ1v) is 6.86. The van der Waals surface area contributed by atoms with Gasteiger partial charge in [0.25, 0.3) is 5.91 Å². The molecule has 5 nitrogen and oxygen atoms in total. The molecule has 1 aliphatic rings. The number of ether oxygens (including phenoxy) is 3. The number of carbonyl (C=O) groups is 1. The van der Waals surface area contributed by atoms with Gasteiger partial charge in [-0.3, -0.25) is 4.79 Å². The van der Waals surface area contributed by atoms with E-state index in [-0.39, 0.29) is 5.91 Å². The number of benzene rings is 1. The van der Waals surface area contributed by atoms with Crippen molar-refractivity contribution in [3.05, 3.63) is 22.6 Å². The Morgan fingerprint density at radius 1 is 1.15 bits per heavy atom. The lowest BCUT2D eigenvalue weighted by Gasteiger charge is -2.12. The van der Waals surface area contributed by atoms with Gasteiger partial charge in [-0.25, -0.2) is 0 Å². The van der Waals surface area contributed by atoms with Crippen LogP contribution in [0.2, 0.25) is 0 Å². The van der Waals surface area contributed by atoms with Gasteiger partial charge in [-0.15, -0.1) is 0 Å². The SMILES string of the molecule is COc1cc(OC)c(/C=C2\SC(=S)NC2=O)c(OC)c1. The summed E-state index contributed by atoms with van der Waals surface area (Å²) in [4.78, 5) is 12.2. The molecule has 1 amide bonds. The van der Waals surface area contributed by atoms with E-state index in [1.54, 1.807) is 39.5 Å². The molecule has 0 aromatic heterocycles. The molecule has 1 saturated heterocycles. The molecule has 1 aromatic carbocycles. The van der Waals surface area contributed by atoms with Crippen LogP contribution in [0.1, 0.15) is 5.56 Å². The number of hydrogen-bond acceptors (Lipinski definition) is 6. The predicted octanol–water partition coefficient (Wildman–Crippen LogP) is 2.20. The van der Waals surface area contributed by atoms with E-state index in [2.05, 4.69) is 5.32 Å². The lowest BCUT2D eigenvalue weighted by atomic mass is 10.1. The zero-order valence-corrected chi connectivity index (χ0v) is 12.8. The van der Waals surface area contributed by atoms with Crippen molar-refractivity contribution in [3.63, 3.8) is 0 Å². The first-order valence-electron chi connectivity index (χ1n) is 5.64. The third-order valence-corrected chi connectivity index (χ3v) is 3.83. The van der Waals surface area contributed by atoms with Crippen molar-refractivity contribution in [3.8, 4) is 17.2 Å². The fraction of sp³-hybridized carbons (Fsp3) is 0.231. The summed E-state index contributed by atoms with van der Waals surface area (Å²) in [5.74, 6) is 1.50. The minimum atomic E-state index is -0.222. The molecule has 1 aliphatic heterocycles. The van der Waals surface area contributed by atoms with E-state index >= 15 is 0 Å². The summed E-state index contributed by atoms with van der Waals surface area (Å²) in [6.07, 6.45) is 1.69. The molecule has 1 heterocycles. The average molecular weight is 311 g/mol. The zero-order chi connectivity index (χ0) is 14.7. The van der Waals surface area contributed by atoms with Gasteiger partial charge in [-0.05, 0) is 6.08 Å². The van der Waals surface area contributed by atoms with E-state index in [1.807, 2.05) is 0 Å². The second-order valence-corrected chi connectivity index (χ2v) is 5.52. The number of rotatable bonds is 4. The highest BCUT2D eigenvalue weighted by Crippen LogP contribution is 2.37. The lowest BCUT2D eigenvalue weighted by Crippen LogP contribution is -2.17. The van der Waals surface area contributed by atoms with Crippen molar-refractivity contribution in [2.75, 3.05) is 21.3 Å². The van der Waals surface area contributed by atoms with E-state index in [0.717, 1.165) is 0 Å². The van der Waals surface area contributed by atoms with Gasteiger partial charge in [0.2, 0.25) is 0 Å². The van der Waals surface area contributed by atoms with E-state index in [1.165, 1.54) is 11.8 Å². The molecule has 7 heteroatoms. The summed E-state index contributed by atoms with van der Waals surface area (Å²) >= 11 is 6.17. The Morgan fingerprint density at radius 3 is 2.15 bits per heavy atom. The van der Waals surface area contributed by atoms with Crippen molar-refractivity contribution >= 4 is 40.3 Å². The maximum Gasteiger partial charge on any atom is 0.263 e. The fourth-order valence-corrected chi connectivity index (χ4v) is 2.75. The topological polar surface area (TPSA) is 56.8 Å². The van der Waals surface area contributed by atoms with Gasteiger partial charge in [-0.1, -0.05) is 24.0 Å². The number of carbonyl (C=O) groups excluding carboxylic acids is 1. The molecular weight excluding hydrogens is 298 g/mol. The number of amides is 1. The molecule has 1 N–H and O–H groups in total. The molecule has 0 atom stereocenters. The minimum absolute atomic E-state index is 0.222. The first-order chi connectivity index (χ1) is 9.58. The quantitative estimate of drug-likeness (QED) is 0.679. The highest BCUT2D eigenvalue weighted by Gasteiger charge is 2.23. The van der Waals surface area contributed by atoms with Crippen molar-refractivity contribution in [1.82, 2.24) is 5.32 Å². The maximum absolute atomic E-state index is 11.7. The van der Waals surface area contributed by atoms with Gasteiger partial charge in [0, 0.05) is 12.1 Å². The van der Waals surface area contributed by atoms with Crippen LogP contribution in [0.25, 0.3) is 6.08 Å². The van der Waals surface area contributed by atoms with E-state index in [0.29, 0.717) is 32.0 Å². The highest BCUT2D eigenvalue weighted by molar-refractivity contribution is 8.26. The summed E-state index contributed by atoms with van der Waals surface area (Å²) in [5, 5.41) is 2.57. The van der Waals surface area contributed by atoms with Gasteiger partial charge >= 0.3 is 0 Å². The molecule has 0 saturated carbocycles. The molecule has 2 rings (SSSR count). The summed E-state index contributed by atoms with van der Waals surface area (Å²) < 4.78 is 16.3.